The van der Waals surface area contributed by atoms with Crippen LogP contribution in [0.2, 0.25) is 0 Å². The van der Waals surface area contributed by atoms with Crippen LogP contribution < -0.4 is 0 Å². The zero-order valence-electron chi connectivity index (χ0n) is 11.2. The average molecular weight is 231 g/mol. The highest BCUT2D eigenvalue weighted by Gasteiger charge is 2.39. The maximum absolute atomic E-state index is 11.8. The minimum Gasteiger partial charge on any atom is -0.298 e. The van der Waals surface area contributed by atoms with E-state index in [1.165, 1.54) is 16.7 Å². The summed E-state index contributed by atoms with van der Waals surface area (Å²) in [5.74, 6) is 0.363. The summed E-state index contributed by atoms with van der Waals surface area (Å²) in [6.07, 6.45) is 0.692. The van der Waals surface area contributed by atoms with Crippen molar-refractivity contribution in [3.63, 3.8) is 0 Å². The predicted octanol–water partition coefficient (Wildman–Crippen LogP) is 2.86. The van der Waals surface area contributed by atoms with Crippen molar-refractivity contribution >= 4 is 5.78 Å². The van der Waals surface area contributed by atoms with Crippen LogP contribution in [-0.2, 0) is 11.3 Å². The number of hydrogen-bond donors (Lipinski definition) is 0. The first-order valence-corrected chi connectivity index (χ1v) is 6.26. The third kappa shape index (κ3) is 2.27. The van der Waals surface area contributed by atoms with Crippen molar-refractivity contribution < 1.29 is 4.79 Å². The quantitative estimate of drug-likeness (QED) is 0.780. The SMILES string of the molecule is Cc1ccc(CN2CCC(=O)C2(C)C)c(C)c1. The number of carbonyl (C=O) groups is 1. The first-order chi connectivity index (χ1) is 7.91. The number of rotatable bonds is 2. The molecule has 0 amide bonds. The van der Waals surface area contributed by atoms with Gasteiger partial charge in [0.2, 0.25) is 0 Å². The van der Waals surface area contributed by atoms with Gasteiger partial charge in [-0.3, -0.25) is 9.69 Å². The second kappa shape index (κ2) is 4.26. The van der Waals surface area contributed by atoms with Gasteiger partial charge in [0, 0.05) is 19.5 Å². The van der Waals surface area contributed by atoms with Gasteiger partial charge in [0.15, 0.2) is 5.78 Å². The van der Waals surface area contributed by atoms with Crippen LogP contribution in [0.25, 0.3) is 0 Å². The Balaban J connectivity index is 2.19. The monoisotopic (exact) mass is 231 g/mol. The zero-order valence-corrected chi connectivity index (χ0v) is 11.2. The molecule has 0 aliphatic carbocycles. The summed E-state index contributed by atoms with van der Waals surface area (Å²) >= 11 is 0. The van der Waals surface area contributed by atoms with Crippen LogP contribution in [0.1, 0.15) is 37.0 Å². The molecule has 2 heteroatoms. The fourth-order valence-electron chi connectivity index (χ4n) is 2.50. The molecular weight excluding hydrogens is 210 g/mol. The molecule has 1 aliphatic heterocycles. The molecule has 0 bridgehead atoms. The molecule has 1 saturated heterocycles. The van der Waals surface area contributed by atoms with Crippen molar-refractivity contribution in [3.05, 3.63) is 34.9 Å². The van der Waals surface area contributed by atoms with E-state index in [0.29, 0.717) is 12.2 Å². The Morgan fingerprint density at radius 1 is 1.29 bits per heavy atom. The second-order valence-electron chi connectivity index (χ2n) is 5.58. The molecule has 0 saturated carbocycles. The number of likely N-dealkylation sites (tertiary alicyclic amines) is 1. The van der Waals surface area contributed by atoms with Crippen molar-refractivity contribution in [2.24, 2.45) is 0 Å². The molecule has 1 aliphatic rings. The summed E-state index contributed by atoms with van der Waals surface area (Å²) in [6, 6.07) is 6.54. The summed E-state index contributed by atoms with van der Waals surface area (Å²) in [7, 11) is 0. The van der Waals surface area contributed by atoms with Crippen molar-refractivity contribution in [3.8, 4) is 0 Å². The molecule has 92 valence electrons. The van der Waals surface area contributed by atoms with E-state index < -0.39 is 0 Å². The van der Waals surface area contributed by atoms with Gasteiger partial charge >= 0.3 is 0 Å². The molecule has 1 fully saturated rings. The van der Waals surface area contributed by atoms with Crippen LogP contribution in [0.5, 0.6) is 0 Å². The van der Waals surface area contributed by atoms with Crippen molar-refractivity contribution in [2.75, 3.05) is 6.54 Å². The minimum absolute atomic E-state index is 0.294. The second-order valence-corrected chi connectivity index (χ2v) is 5.58. The average Bonchev–Trinajstić information content (AvgIpc) is 2.48. The smallest absolute Gasteiger partial charge is 0.153 e. The van der Waals surface area contributed by atoms with E-state index in [1.54, 1.807) is 0 Å². The number of benzene rings is 1. The van der Waals surface area contributed by atoms with Gasteiger partial charge in [-0.2, -0.15) is 0 Å². The molecule has 1 aromatic carbocycles. The maximum Gasteiger partial charge on any atom is 0.153 e. The van der Waals surface area contributed by atoms with Crippen molar-refractivity contribution in [1.82, 2.24) is 4.90 Å². The van der Waals surface area contributed by atoms with Crippen LogP contribution in [0, 0.1) is 13.8 Å². The molecular formula is C15H21NO. The van der Waals surface area contributed by atoms with E-state index in [1.807, 2.05) is 13.8 Å². The van der Waals surface area contributed by atoms with E-state index in [-0.39, 0.29) is 5.54 Å². The van der Waals surface area contributed by atoms with Gasteiger partial charge in [-0.25, -0.2) is 0 Å². The Labute approximate surface area is 104 Å². The van der Waals surface area contributed by atoms with Gasteiger partial charge in [0.1, 0.15) is 0 Å². The first kappa shape index (κ1) is 12.3. The van der Waals surface area contributed by atoms with E-state index in [4.69, 9.17) is 0 Å². The van der Waals surface area contributed by atoms with E-state index in [0.717, 1.165) is 13.1 Å². The summed E-state index contributed by atoms with van der Waals surface area (Å²) < 4.78 is 0. The van der Waals surface area contributed by atoms with Crippen molar-refractivity contribution in [1.29, 1.82) is 0 Å². The summed E-state index contributed by atoms with van der Waals surface area (Å²) in [5, 5.41) is 0. The maximum atomic E-state index is 11.8. The van der Waals surface area contributed by atoms with Gasteiger partial charge < -0.3 is 0 Å². The lowest BCUT2D eigenvalue weighted by Crippen LogP contribution is -2.42. The highest BCUT2D eigenvalue weighted by molar-refractivity contribution is 5.89. The number of nitrogens with zero attached hydrogens (tertiary/aromatic N) is 1. The summed E-state index contributed by atoms with van der Waals surface area (Å²) in [4.78, 5) is 14.1. The molecule has 0 unspecified atom stereocenters. The van der Waals surface area contributed by atoms with Crippen LogP contribution in [0.4, 0.5) is 0 Å². The van der Waals surface area contributed by atoms with Gasteiger partial charge in [-0.1, -0.05) is 23.8 Å². The largest absolute Gasteiger partial charge is 0.298 e. The lowest BCUT2D eigenvalue weighted by atomic mass is 9.99. The zero-order chi connectivity index (χ0) is 12.6. The molecule has 0 radical (unpaired) electrons. The summed E-state index contributed by atoms with van der Waals surface area (Å²) in [6.45, 7) is 10.1. The van der Waals surface area contributed by atoms with Gasteiger partial charge in [-0.15, -0.1) is 0 Å². The Hall–Kier alpha value is -1.15. The van der Waals surface area contributed by atoms with Crippen LogP contribution in [0.15, 0.2) is 18.2 Å². The van der Waals surface area contributed by atoms with Crippen LogP contribution >= 0.6 is 0 Å². The Kier molecular flexibility index (Phi) is 3.09. The minimum atomic E-state index is -0.294. The lowest BCUT2D eigenvalue weighted by Gasteiger charge is -2.30. The predicted molar refractivity (Wildman–Crippen MR) is 70.0 cm³/mol. The molecule has 0 spiro atoms. The number of hydrogen-bond acceptors (Lipinski definition) is 2. The number of aryl methyl sites for hydroxylation is 2. The molecule has 0 aromatic heterocycles. The fraction of sp³-hybridized carbons (Fsp3) is 0.533. The third-order valence-electron chi connectivity index (χ3n) is 3.94. The van der Waals surface area contributed by atoms with Gasteiger partial charge in [0.25, 0.3) is 0 Å². The van der Waals surface area contributed by atoms with E-state index >= 15 is 0 Å². The molecule has 17 heavy (non-hydrogen) atoms. The van der Waals surface area contributed by atoms with E-state index in [2.05, 4.69) is 36.9 Å². The Bertz CT molecular complexity index is 448. The van der Waals surface area contributed by atoms with Gasteiger partial charge in [-0.05, 0) is 38.8 Å². The molecule has 0 atom stereocenters. The molecule has 2 nitrogen and oxygen atoms in total. The Morgan fingerprint density at radius 3 is 2.53 bits per heavy atom. The molecule has 0 N–H and O–H groups in total. The molecule has 2 rings (SSSR count). The normalized spacial score (nSPS) is 19.9. The fourth-order valence-corrected chi connectivity index (χ4v) is 2.50. The molecule has 1 aromatic rings. The molecule has 1 heterocycles. The summed E-state index contributed by atoms with van der Waals surface area (Å²) in [5.41, 5.74) is 3.65. The lowest BCUT2D eigenvalue weighted by molar-refractivity contribution is -0.123. The third-order valence-corrected chi connectivity index (χ3v) is 3.94. The number of carbonyl (C=O) groups excluding carboxylic acids is 1. The Morgan fingerprint density at radius 2 is 2.00 bits per heavy atom. The topological polar surface area (TPSA) is 20.3 Å². The number of ketones is 1. The van der Waals surface area contributed by atoms with Crippen LogP contribution in [0.3, 0.4) is 0 Å². The van der Waals surface area contributed by atoms with Crippen LogP contribution in [-0.4, -0.2) is 22.8 Å². The van der Waals surface area contributed by atoms with Crippen molar-refractivity contribution in [2.45, 2.75) is 46.2 Å². The highest BCUT2D eigenvalue weighted by Crippen LogP contribution is 2.27. The first-order valence-electron chi connectivity index (χ1n) is 6.26. The highest BCUT2D eigenvalue weighted by atomic mass is 16.1. The van der Waals surface area contributed by atoms with E-state index in [9.17, 15) is 4.79 Å². The number of Topliss-reactive ketones (excluding diaryl/α,β-unsaturated/α-hetero) is 1. The standard InChI is InChI=1S/C15H21NO/c1-11-5-6-13(12(2)9-11)10-16-8-7-14(17)15(16,3)4/h5-6,9H,7-8,10H2,1-4H3. The van der Waals surface area contributed by atoms with Gasteiger partial charge in [0.05, 0.1) is 5.54 Å².